The zero-order valence-corrected chi connectivity index (χ0v) is 25.1. The van der Waals surface area contributed by atoms with Crippen molar-refractivity contribution in [2.75, 3.05) is 4.90 Å². The topological polar surface area (TPSA) is 16.4 Å². The molecule has 0 unspecified atom stereocenters. The van der Waals surface area contributed by atoms with Crippen molar-refractivity contribution < 1.29 is 4.42 Å². The zero-order chi connectivity index (χ0) is 29.6. The van der Waals surface area contributed by atoms with Crippen molar-refractivity contribution in [3.63, 3.8) is 0 Å². The summed E-state index contributed by atoms with van der Waals surface area (Å²) in [6, 6.07) is 48.4. The van der Waals surface area contributed by atoms with Gasteiger partial charge in [-0.25, -0.2) is 0 Å². The van der Waals surface area contributed by atoms with Crippen LogP contribution in [0.1, 0.15) is 30.5 Å². The SMILES string of the molecule is Cc1ccccc1N(c1ccc2c3c(ccc2c1)-c1c(ccc2ccccc12)C3(C)C)c1cccc2c1oc1ccccc12. The minimum Gasteiger partial charge on any atom is -0.454 e. The Morgan fingerprint density at radius 2 is 1.30 bits per heavy atom. The number of benzene rings is 7. The minimum absolute atomic E-state index is 0.106. The number of anilines is 3. The monoisotopic (exact) mass is 565 g/mol. The molecule has 0 amide bonds. The lowest BCUT2D eigenvalue weighted by molar-refractivity contribution is 0.667. The lowest BCUT2D eigenvalue weighted by atomic mass is 9.80. The first kappa shape index (κ1) is 25.2. The molecule has 0 fully saturated rings. The van der Waals surface area contributed by atoms with Gasteiger partial charge < -0.3 is 9.32 Å². The molecule has 1 heterocycles. The molecular weight excluding hydrogens is 534 g/mol. The highest BCUT2D eigenvalue weighted by molar-refractivity contribution is 6.11. The van der Waals surface area contributed by atoms with E-state index in [4.69, 9.17) is 4.42 Å². The molecule has 0 bridgehead atoms. The van der Waals surface area contributed by atoms with Crippen molar-refractivity contribution in [2.45, 2.75) is 26.2 Å². The van der Waals surface area contributed by atoms with Crippen LogP contribution in [0.4, 0.5) is 17.1 Å². The predicted molar refractivity (Wildman–Crippen MR) is 186 cm³/mol. The van der Waals surface area contributed by atoms with E-state index in [0.717, 1.165) is 39.0 Å². The molecule has 0 saturated carbocycles. The number of hydrogen-bond donors (Lipinski definition) is 0. The fraction of sp³-hybridized carbons (Fsp3) is 0.0952. The highest BCUT2D eigenvalue weighted by Gasteiger charge is 2.37. The van der Waals surface area contributed by atoms with E-state index in [1.54, 1.807) is 0 Å². The van der Waals surface area contributed by atoms with Crippen LogP contribution >= 0.6 is 0 Å². The van der Waals surface area contributed by atoms with Gasteiger partial charge in [0.25, 0.3) is 0 Å². The molecule has 8 aromatic rings. The van der Waals surface area contributed by atoms with Gasteiger partial charge in [0.15, 0.2) is 5.58 Å². The maximum atomic E-state index is 6.55. The highest BCUT2D eigenvalue weighted by atomic mass is 16.3. The molecule has 1 aromatic heterocycles. The summed E-state index contributed by atoms with van der Waals surface area (Å²) in [5.74, 6) is 0. The Kier molecular flexibility index (Phi) is 5.20. The van der Waals surface area contributed by atoms with E-state index in [1.165, 1.54) is 49.4 Å². The Bertz CT molecular complexity index is 2440. The largest absolute Gasteiger partial charge is 0.454 e. The average molecular weight is 566 g/mol. The predicted octanol–water partition coefficient (Wildman–Crippen LogP) is 12.0. The van der Waals surface area contributed by atoms with Crippen molar-refractivity contribution in [3.8, 4) is 11.1 Å². The third-order valence-electron chi connectivity index (χ3n) is 9.74. The normalized spacial score (nSPS) is 13.5. The number of hydrogen-bond acceptors (Lipinski definition) is 2. The summed E-state index contributed by atoms with van der Waals surface area (Å²) in [7, 11) is 0. The third kappa shape index (κ3) is 3.43. The van der Waals surface area contributed by atoms with Crippen LogP contribution in [0.2, 0.25) is 0 Å². The van der Waals surface area contributed by atoms with Gasteiger partial charge in [-0.15, -0.1) is 0 Å². The van der Waals surface area contributed by atoms with Crippen molar-refractivity contribution in [3.05, 3.63) is 150 Å². The number of nitrogens with zero attached hydrogens (tertiary/aromatic N) is 1. The molecule has 9 rings (SSSR count). The lowest BCUT2D eigenvalue weighted by Gasteiger charge is -2.28. The van der Waals surface area contributed by atoms with Crippen LogP contribution in [-0.4, -0.2) is 0 Å². The van der Waals surface area contributed by atoms with Gasteiger partial charge in [0.05, 0.1) is 5.69 Å². The Morgan fingerprint density at radius 1 is 0.568 bits per heavy atom. The summed E-state index contributed by atoms with van der Waals surface area (Å²) in [4.78, 5) is 2.36. The van der Waals surface area contributed by atoms with Gasteiger partial charge in [-0.05, 0) is 86.6 Å². The lowest BCUT2D eigenvalue weighted by Crippen LogP contribution is -2.15. The summed E-state index contributed by atoms with van der Waals surface area (Å²) >= 11 is 0. The molecule has 0 saturated heterocycles. The van der Waals surface area contributed by atoms with Gasteiger partial charge in [0.1, 0.15) is 5.58 Å². The molecule has 0 spiro atoms. The van der Waals surface area contributed by atoms with E-state index in [2.05, 4.69) is 153 Å². The smallest absolute Gasteiger partial charge is 0.159 e. The van der Waals surface area contributed by atoms with E-state index in [9.17, 15) is 0 Å². The van der Waals surface area contributed by atoms with Crippen molar-refractivity contribution in [1.29, 1.82) is 0 Å². The molecule has 0 aliphatic heterocycles. The van der Waals surface area contributed by atoms with Crippen LogP contribution in [-0.2, 0) is 5.41 Å². The first-order chi connectivity index (χ1) is 21.5. The van der Waals surface area contributed by atoms with E-state index >= 15 is 0 Å². The Balaban J connectivity index is 1.29. The van der Waals surface area contributed by atoms with Gasteiger partial charge in [0, 0.05) is 27.6 Å². The van der Waals surface area contributed by atoms with E-state index in [0.29, 0.717) is 0 Å². The molecule has 7 aromatic carbocycles. The first-order valence-electron chi connectivity index (χ1n) is 15.4. The van der Waals surface area contributed by atoms with E-state index in [1.807, 2.05) is 6.07 Å². The second-order valence-electron chi connectivity index (χ2n) is 12.6. The number of rotatable bonds is 3. The van der Waals surface area contributed by atoms with Gasteiger partial charge in [0.2, 0.25) is 0 Å². The van der Waals surface area contributed by atoms with Gasteiger partial charge in [-0.3, -0.25) is 0 Å². The highest BCUT2D eigenvalue weighted by Crippen LogP contribution is 2.54. The molecule has 44 heavy (non-hydrogen) atoms. The molecule has 0 N–H and O–H groups in total. The van der Waals surface area contributed by atoms with Gasteiger partial charge in [-0.1, -0.05) is 117 Å². The fourth-order valence-electron chi connectivity index (χ4n) is 7.69. The molecular formula is C42H31NO. The molecule has 1 aliphatic rings. The molecule has 1 aliphatic carbocycles. The van der Waals surface area contributed by atoms with E-state index < -0.39 is 0 Å². The minimum atomic E-state index is -0.106. The van der Waals surface area contributed by atoms with Gasteiger partial charge >= 0.3 is 0 Å². The maximum absolute atomic E-state index is 6.55. The molecule has 0 atom stereocenters. The fourth-order valence-corrected chi connectivity index (χ4v) is 7.69. The van der Waals surface area contributed by atoms with Crippen LogP contribution < -0.4 is 4.90 Å². The number of fused-ring (bicyclic) bond motifs is 10. The summed E-state index contributed by atoms with van der Waals surface area (Å²) < 4.78 is 6.55. The van der Waals surface area contributed by atoms with Crippen molar-refractivity contribution in [2.24, 2.45) is 0 Å². The molecule has 2 heteroatoms. The first-order valence-corrected chi connectivity index (χ1v) is 15.4. The van der Waals surface area contributed by atoms with Crippen LogP contribution in [0.25, 0.3) is 54.6 Å². The number of furan rings is 1. The number of para-hydroxylation sites is 3. The second kappa shape index (κ2) is 9.08. The Labute approximate surface area is 256 Å². The van der Waals surface area contributed by atoms with Crippen LogP contribution in [0, 0.1) is 6.92 Å². The quantitative estimate of drug-likeness (QED) is 0.212. The van der Waals surface area contributed by atoms with Crippen LogP contribution in [0.3, 0.4) is 0 Å². The van der Waals surface area contributed by atoms with Crippen LogP contribution in [0.5, 0.6) is 0 Å². The van der Waals surface area contributed by atoms with Gasteiger partial charge in [-0.2, -0.15) is 0 Å². The Hall–Kier alpha value is -5.34. The van der Waals surface area contributed by atoms with Crippen LogP contribution in [0.15, 0.2) is 138 Å². The van der Waals surface area contributed by atoms with Crippen molar-refractivity contribution in [1.82, 2.24) is 0 Å². The number of aryl methyl sites for hydroxylation is 1. The summed E-state index contributed by atoms with van der Waals surface area (Å²) in [6.07, 6.45) is 0. The third-order valence-corrected chi connectivity index (χ3v) is 9.74. The van der Waals surface area contributed by atoms with Crippen molar-refractivity contribution >= 4 is 60.5 Å². The Morgan fingerprint density at radius 3 is 2.18 bits per heavy atom. The second-order valence-corrected chi connectivity index (χ2v) is 12.6. The average Bonchev–Trinajstić information content (AvgIpc) is 3.55. The summed E-state index contributed by atoms with van der Waals surface area (Å²) in [6.45, 7) is 6.93. The standard InChI is InChI=1S/C42H31NO/c1-26-11-4-8-16-36(26)43(37-17-10-15-33-32-14-7-9-18-38(32)44-41(33)37)29-21-23-31-28(25-29)19-22-34-39-30-13-6-5-12-27(30)20-24-35(39)42(2,3)40(31)34/h4-25H,1-3H3. The molecule has 210 valence electrons. The summed E-state index contributed by atoms with van der Waals surface area (Å²) in [5, 5.41) is 7.43. The molecule has 0 radical (unpaired) electrons. The summed E-state index contributed by atoms with van der Waals surface area (Å²) in [5.41, 5.74) is 11.7. The van der Waals surface area contributed by atoms with E-state index in [-0.39, 0.29) is 5.41 Å². The zero-order valence-electron chi connectivity index (χ0n) is 25.1. The molecule has 2 nitrogen and oxygen atoms in total. The maximum Gasteiger partial charge on any atom is 0.159 e.